The van der Waals surface area contributed by atoms with Crippen LogP contribution in [0.1, 0.15) is 149 Å². The van der Waals surface area contributed by atoms with E-state index in [1.54, 1.807) is 18.2 Å². The average molecular weight is 917 g/mol. The van der Waals surface area contributed by atoms with E-state index in [9.17, 15) is 33.8 Å². The highest BCUT2D eigenvalue weighted by atomic mass is 31.2. The first kappa shape index (κ1) is 59.3. The molecular weight excluding hydrogens is 838 g/mol. The number of carbonyl (C=O) groups excluding carboxylic acids is 2. The summed E-state index contributed by atoms with van der Waals surface area (Å²) in [4.78, 5) is 52.7. The molecule has 0 bridgehead atoms. The Kier molecular flexibility index (Phi) is 39.2. The minimum absolute atomic E-state index is 0.0597. The zero-order valence-electron chi connectivity index (χ0n) is 37.3. The number of allylic oxidation sites excluding steroid dienone is 13. The third-order valence-electron chi connectivity index (χ3n) is 8.88. The van der Waals surface area contributed by atoms with Crippen LogP contribution in [0.3, 0.4) is 0 Å². The van der Waals surface area contributed by atoms with E-state index >= 15 is 0 Å². The van der Waals surface area contributed by atoms with E-state index in [-0.39, 0.29) is 19.3 Å². The molecule has 0 aromatic rings. The molecule has 0 aromatic heterocycles. The van der Waals surface area contributed by atoms with Gasteiger partial charge in [0.15, 0.2) is 6.10 Å². The van der Waals surface area contributed by atoms with Crippen molar-refractivity contribution in [2.75, 3.05) is 26.4 Å². The molecule has 14 nitrogen and oxygen atoms in total. The summed E-state index contributed by atoms with van der Waals surface area (Å²) in [6.45, 7) is 1.35. The third-order valence-corrected chi connectivity index (χ3v) is 10.3. The van der Waals surface area contributed by atoms with Gasteiger partial charge in [-0.25, -0.2) is 9.13 Å². The fourth-order valence-electron chi connectivity index (χ4n) is 5.45. The molecule has 16 heteroatoms. The molecule has 0 aromatic carbocycles. The Bertz CT molecular complexity index is 1430. The van der Waals surface area contributed by atoms with Crippen LogP contribution in [-0.4, -0.2) is 81.6 Å². The zero-order valence-corrected chi connectivity index (χ0v) is 39.1. The van der Waals surface area contributed by atoms with Crippen molar-refractivity contribution in [1.82, 2.24) is 0 Å². The third kappa shape index (κ3) is 43.9. The standard InChI is InChI=1S/C46H78O14P2/c1-3-5-7-9-11-13-15-17-19-21-22-24-26-28-30-32-34-42(47)36-37-45(49)56-40-44(41-59-62(54,55)58-39-43(48)38-57-61(51,52)53)60-46(50)35-33-31-29-27-25-23-20-18-16-14-12-10-8-6-4-2/h5,7,11,13,17-20,22,24,28,30,32,34,42-44,47-48H,3-4,6,8-10,12,14-16,21,23,25-27,29,31,33,35-41H2,1-2H3,(H,54,55)(H2,51,52,53)/b7-5-,13-11-,19-17-,20-18-,24-22-,30-28-,34-32-/t42?,43-,44+/m0/s1. The van der Waals surface area contributed by atoms with Gasteiger partial charge in [0.05, 0.1) is 25.9 Å². The Labute approximate surface area is 371 Å². The minimum atomic E-state index is -4.89. The number of unbranched alkanes of at least 4 members (excludes halogenated alkanes) is 11. The maximum atomic E-state index is 12.7. The van der Waals surface area contributed by atoms with E-state index in [0.29, 0.717) is 6.42 Å². The summed E-state index contributed by atoms with van der Waals surface area (Å²) in [5, 5.41) is 20.0. The van der Waals surface area contributed by atoms with Crippen molar-refractivity contribution >= 4 is 27.6 Å². The molecular formula is C46H78O14P2. The molecule has 0 radical (unpaired) electrons. The molecule has 5 N–H and O–H groups in total. The predicted molar refractivity (Wildman–Crippen MR) is 245 cm³/mol. The van der Waals surface area contributed by atoms with E-state index in [4.69, 9.17) is 23.8 Å². The second-order valence-corrected chi connectivity index (χ2v) is 17.5. The minimum Gasteiger partial charge on any atom is -0.462 e. The first-order valence-electron chi connectivity index (χ1n) is 22.4. The van der Waals surface area contributed by atoms with Crippen LogP contribution in [0.2, 0.25) is 0 Å². The first-order valence-corrected chi connectivity index (χ1v) is 25.4. The lowest BCUT2D eigenvalue weighted by atomic mass is 10.1. The molecule has 0 spiro atoms. The summed E-state index contributed by atoms with van der Waals surface area (Å²) in [6, 6.07) is 0. The number of aliphatic hydroxyl groups is 2. The maximum Gasteiger partial charge on any atom is 0.472 e. The molecule has 62 heavy (non-hydrogen) atoms. The predicted octanol–water partition coefficient (Wildman–Crippen LogP) is 10.5. The molecule has 0 saturated heterocycles. The molecule has 0 saturated carbocycles. The van der Waals surface area contributed by atoms with Crippen LogP contribution >= 0.6 is 15.6 Å². The van der Waals surface area contributed by atoms with E-state index < -0.39 is 72.3 Å². The Hall–Kier alpha value is -2.74. The van der Waals surface area contributed by atoms with Crippen molar-refractivity contribution in [2.45, 2.75) is 167 Å². The summed E-state index contributed by atoms with van der Waals surface area (Å²) in [5.41, 5.74) is 0. The van der Waals surface area contributed by atoms with E-state index in [0.717, 1.165) is 70.6 Å². The fourth-order valence-corrected chi connectivity index (χ4v) is 6.61. The number of carbonyl (C=O) groups is 2. The fraction of sp³-hybridized carbons (Fsp3) is 0.652. The van der Waals surface area contributed by atoms with Gasteiger partial charge in [-0.05, 0) is 70.6 Å². The molecule has 356 valence electrons. The monoisotopic (exact) mass is 916 g/mol. The molecule has 0 amide bonds. The molecule has 0 aliphatic rings. The molecule has 4 atom stereocenters. The molecule has 0 aliphatic carbocycles. The van der Waals surface area contributed by atoms with E-state index in [1.807, 2.05) is 12.2 Å². The number of aliphatic hydroxyl groups excluding tert-OH is 2. The SMILES string of the molecule is CC/C=C\C/C=C\C/C=C\C/C=C\C/C=C\C=C/C(O)CCC(=O)OC[C@H](COP(=O)(O)OC[C@@H](O)COP(=O)(O)O)OC(=O)CCCCCCC/C=C\CCCCCCCC. The van der Waals surface area contributed by atoms with Crippen LogP contribution in [0.4, 0.5) is 0 Å². The van der Waals surface area contributed by atoms with Crippen molar-refractivity contribution in [1.29, 1.82) is 0 Å². The van der Waals surface area contributed by atoms with Crippen molar-refractivity contribution in [3.8, 4) is 0 Å². The Balaban J connectivity index is 4.75. The van der Waals surface area contributed by atoms with Gasteiger partial charge in [-0.2, -0.15) is 0 Å². The zero-order chi connectivity index (χ0) is 46.0. The lowest BCUT2D eigenvalue weighted by Gasteiger charge is -2.20. The highest BCUT2D eigenvalue weighted by Gasteiger charge is 2.28. The lowest BCUT2D eigenvalue weighted by Crippen LogP contribution is -2.30. The van der Waals surface area contributed by atoms with Gasteiger partial charge in [0.25, 0.3) is 0 Å². The second-order valence-electron chi connectivity index (χ2n) is 14.8. The summed E-state index contributed by atoms with van der Waals surface area (Å²) in [5.74, 6) is -1.33. The molecule has 0 rings (SSSR count). The van der Waals surface area contributed by atoms with Crippen LogP contribution in [0, 0.1) is 0 Å². The summed E-state index contributed by atoms with van der Waals surface area (Å²) in [6.07, 6.45) is 43.3. The number of hydrogen-bond donors (Lipinski definition) is 5. The maximum absolute atomic E-state index is 12.7. The smallest absolute Gasteiger partial charge is 0.462 e. The van der Waals surface area contributed by atoms with Crippen LogP contribution in [0.5, 0.6) is 0 Å². The van der Waals surface area contributed by atoms with Gasteiger partial charge in [-0.1, -0.05) is 150 Å². The van der Waals surface area contributed by atoms with Gasteiger partial charge < -0.3 is 34.4 Å². The van der Waals surface area contributed by atoms with Gasteiger partial charge in [0, 0.05) is 12.8 Å². The molecule has 0 heterocycles. The van der Waals surface area contributed by atoms with Gasteiger partial charge in [0.1, 0.15) is 12.7 Å². The second kappa shape index (κ2) is 41.0. The number of phosphoric acid groups is 2. The number of esters is 2. The lowest BCUT2D eigenvalue weighted by molar-refractivity contribution is -0.161. The summed E-state index contributed by atoms with van der Waals surface area (Å²) >= 11 is 0. The average Bonchev–Trinajstić information content (AvgIpc) is 3.23. The molecule has 0 aliphatic heterocycles. The van der Waals surface area contributed by atoms with Crippen LogP contribution in [-0.2, 0) is 41.8 Å². The number of rotatable bonds is 41. The normalized spacial score (nSPS) is 15.3. The number of phosphoric ester groups is 2. The van der Waals surface area contributed by atoms with Gasteiger partial charge in [-0.3, -0.25) is 23.2 Å². The molecule has 0 fully saturated rings. The van der Waals surface area contributed by atoms with Crippen molar-refractivity contribution in [3.05, 3.63) is 85.1 Å². The topological polar surface area (TPSA) is 216 Å². The van der Waals surface area contributed by atoms with Crippen molar-refractivity contribution in [3.63, 3.8) is 0 Å². The Morgan fingerprint density at radius 1 is 0.548 bits per heavy atom. The largest absolute Gasteiger partial charge is 0.472 e. The Morgan fingerprint density at radius 3 is 1.65 bits per heavy atom. The first-order chi connectivity index (χ1) is 29.8. The van der Waals surface area contributed by atoms with Gasteiger partial charge in [-0.15, -0.1) is 0 Å². The summed E-state index contributed by atoms with van der Waals surface area (Å²) in [7, 11) is -9.76. The number of ether oxygens (including phenoxy) is 2. The van der Waals surface area contributed by atoms with Crippen molar-refractivity contribution < 1.29 is 66.7 Å². The van der Waals surface area contributed by atoms with E-state index in [2.05, 4.69) is 77.6 Å². The van der Waals surface area contributed by atoms with Gasteiger partial charge in [0.2, 0.25) is 0 Å². The van der Waals surface area contributed by atoms with Crippen molar-refractivity contribution in [2.24, 2.45) is 0 Å². The quantitative estimate of drug-likeness (QED) is 0.0127. The van der Waals surface area contributed by atoms with Crippen LogP contribution < -0.4 is 0 Å². The molecule has 2 unspecified atom stereocenters. The highest BCUT2D eigenvalue weighted by Crippen LogP contribution is 2.43. The number of hydrogen-bond acceptors (Lipinski definition) is 11. The van der Waals surface area contributed by atoms with E-state index in [1.165, 1.54) is 38.5 Å². The van der Waals surface area contributed by atoms with Crippen LogP contribution in [0.15, 0.2) is 85.1 Å². The summed E-state index contributed by atoms with van der Waals surface area (Å²) < 4.78 is 47.6. The highest BCUT2D eigenvalue weighted by molar-refractivity contribution is 7.47. The van der Waals surface area contributed by atoms with Crippen LogP contribution in [0.25, 0.3) is 0 Å². The van der Waals surface area contributed by atoms with Gasteiger partial charge >= 0.3 is 27.6 Å². The Morgan fingerprint density at radius 2 is 1.06 bits per heavy atom.